The first-order valence-corrected chi connectivity index (χ1v) is 5.71. The minimum absolute atomic E-state index is 0.551. The average molecular weight is 202 g/mol. The molecule has 0 heterocycles. The van der Waals surface area contributed by atoms with Gasteiger partial charge in [0.15, 0.2) is 0 Å². The third-order valence-corrected chi connectivity index (χ3v) is 3.06. The molecule has 1 saturated carbocycles. The fourth-order valence-corrected chi connectivity index (χ4v) is 1.68. The van der Waals surface area contributed by atoms with Crippen LogP contribution < -0.4 is 5.73 Å². The predicted molar refractivity (Wildman–Crippen MR) is 65.5 cm³/mol. The summed E-state index contributed by atoms with van der Waals surface area (Å²) in [5.41, 5.74) is 9.12. The lowest BCUT2D eigenvalue weighted by Gasteiger charge is -2.20. The fourth-order valence-electron chi connectivity index (χ4n) is 1.68. The monoisotopic (exact) mass is 202 g/mol. The molecule has 0 radical (unpaired) electrons. The Labute approximate surface area is 91.2 Å². The first-order valence-electron chi connectivity index (χ1n) is 5.71. The van der Waals surface area contributed by atoms with Crippen molar-refractivity contribution in [3.8, 4) is 0 Å². The highest BCUT2D eigenvalue weighted by Gasteiger charge is 2.14. The largest absolute Gasteiger partial charge is 0.398 e. The molecule has 1 aromatic carbocycles. The Morgan fingerprint density at radius 1 is 1.47 bits per heavy atom. The van der Waals surface area contributed by atoms with Crippen molar-refractivity contribution >= 4 is 11.9 Å². The van der Waals surface area contributed by atoms with Crippen molar-refractivity contribution in [1.29, 1.82) is 0 Å². The maximum atomic E-state index is 5.90. The van der Waals surface area contributed by atoms with E-state index in [1.165, 1.54) is 24.8 Å². The lowest BCUT2D eigenvalue weighted by atomic mass is 9.94. The number of nitrogens with two attached hydrogens (primary N) is 1. The van der Waals surface area contributed by atoms with Gasteiger partial charge in [-0.05, 0) is 43.4 Å². The van der Waals surface area contributed by atoms with E-state index in [4.69, 9.17) is 5.73 Å². The van der Waals surface area contributed by atoms with Gasteiger partial charge in [0.05, 0.1) is 0 Å². The van der Waals surface area contributed by atoms with Crippen molar-refractivity contribution < 1.29 is 0 Å². The summed E-state index contributed by atoms with van der Waals surface area (Å²) in [6.45, 7) is 2.15. The van der Waals surface area contributed by atoms with E-state index in [2.05, 4.69) is 24.0 Å². The van der Waals surface area contributed by atoms with Crippen molar-refractivity contribution in [3.05, 3.63) is 29.3 Å². The zero-order chi connectivity index (χ0) is 10.7. The number of rotatable bonds is 3. The topological polar surface area (TPSA) is 38.4 Å². The van der Waals surface area contributed by atoms with Crippen LogP contribution in [0.4, 0.5) is 5.69 Å². The van der Waals surface area contributed by atoms with Crippen LogP contribution in [0.1, 0.15) is 37.3 Å². The smallest absolute Gasteiger partial charge is 0.0499 e. The third-order valence-electron chi connectivity index (χ3n) is 3.06. The number of anilines is 1. The summed E-state index contributed by atoms with van der Waals surface area (Å²) in [6, 6.07) is 6.74. The summed E-state index contributed by atoms with van der Waals surface area (Å²) in [5, 5.41) is 0. The number of aliphatic imine (C=N–C) groups is 1. The van der Waals surface area contributed by atoms with Crippen LogP contribution in [0.3, 0.4) is 0 Å². The molecular weight excluding hydrogens is 184 g/mol. The first-order chi connectivity index (χ1) is 7.29. The van der Waals surface area contributed by atoms with Gasteiger partial charge in [0, 0.05) is 23.5 Å². The van der Waals surface area contributed by atoms with Crippen LogP contribution in [0, 0.1) is 0 Å². The van der Waals surface area contributed by atoms with Crippen molar-refractivity contribution in [2.45, 2.75) is 38.6 Å². The van der Waals surface area contributed by atoms with Gasteiger partial charge in [0.25, 0.3) is 0 Å². The van der Waals surface area contributed by atoms with Crippen LogP contribution >= 0.6 is 0 Å². The number of benzene rings is 1. The van der Waals surface area contributed by atoms with E-state index < -0.39 is 0 Å². The molecule has 0 unspecified atom stereocenters. The van der Waals surface area contributed by atoms with Gasteiger partial charge in [0.2, 0.25) is 0 Å². The molecule has 2 N–H and O–H groups in total. The second-order valence-corrected chi connectivity index (χ2v) is 4.18. The maximum absolute atomic E-state index is 5.90. The average Bonchev–Trinajstić information content (AvgIpc) is 2.18. The lowest BCUT2D eigenvalue weighted by molar-refractivity contribution is 0.421. The lowest BCUT2D eigenvalue weighted by Crippen LogP contribution is -2.14. The van der Waals surface area contributed by atoms with Gasteiger partial charge in [-0.3, -0.25) is 4.99 Å². The molecule has 0 saturated heterocycles. The number of nitrogen functional groups attached to an aromatic ring is 1. The van der Waals surface area contributed by atoms with Crippen LogP contribution in [-0.4, -0.2) is 12.3 Å². The Hall–Kier alpha value is -1.31. The summed E-state index contributed by atoms with van der Waals surface area (Å²) in [5.74, 6) is 0. The molecule has 2 heteroatoms. The molecule has 80 valence electrons. The van der Waals surface area contributed by atoms with E-state index in [0.29, 0.717) is 6.04 Å². The first kappa shape index (κ1) is 10.2. The van der Waals surface area contributed by atoms with Gasteiger partial charge in [0.1, 0.15) is 0 Å². The molecule has 0 bridgehead atoms. The van der Waals surface area contributed by atoms with E-state index >= 15 is 0 Å². The quantitative estimate of drug-likeness (QED) is 0.594. The van der Waals surface area contributed by atoms with Gasteiger partial charge in [-0.25, -0.2) is 0 Å². The van der Waals surface area contributed by atoms with Crippen molar-refractivity contribution in [1.82, 2.24) is 0 Å². The predicted octanol–water partition coefficient (Wildman–Crippen LogP) is 2.80. The number of hydrogen-bond acceptors (Lipinski definition) is 2. The van der Waals surface area contributed by atoms with Gasteiger partial charge in [-0.1, -0.05) is 13.0 Å². The van der Waals surface area contributed by atoms with E-state index in [9.17, 15) is 0 Å². The maximum Gasteiger partial charge on any atom is 0.0499 e. The molecule has 1 fully saturated rings. The molecule has 0 amide bonds. The van der Waals surface area contributed by atoms with E-state index in [1.807, 2.05) is 12.3 Å². The Bertz CT molecular complexity index is 365. The number of hydrogen-bond donors (Lipinski definition) is 1. The van der Waals surface area contributed by atoms with E-state index in [1.54, 1.807) is 0 Å². The van der Waals surface area contributed by atoms with E-state index in [-0.39, 0.29) is 0 Å². The molecule has 2 nitrogen and oxygen atoms in total. The van der Waals surface area contributed by atoms with Crippen LogP contribution in [0.5, 0.6) is 0 Å². The Balaban J connectivity index is 2.14. The minimum Gasteiger partial charge on any atom is -0.398 e. The standard InChI is InChI=1S/C13H18N2/c1-2-10-6-7-13(14)11(8-10)9-15-12-4-3-5-12/h6-9,12H,2-5,14H2,1H3. The van der Waals surface area contributed by atoms with Gasteiger partial charge in [-0.2, -0.15) is 0 Å². The second kappa shape index (κ2) is 4.47. The molecule has 0 aromatic heterocycles. The zero-order valence-corrected chi connectivity index (χ0v) is 9.24. The van der Waals surface area contributed by atoms with Crippen LogP contribution in [0.2, 0.25) is 0 Å². The van der Waals surface area contributed by atoms with Gasteiger partial charge >= 0.3 is 0 Å². The third kappa shape index (κ3) is 2.38. The molecule has 1 aliphatic carbocycles. The molecule has 0 atom stereocenters. The summed E-state index contributed by atoms with van der Waals surface area (Å²) >= 11 is 0. The molecule has 1 aromatic rings. The summed E-state index contributed by atoms with van der Waals surface area (Å²) in [4.78, 5) is 4.53. The van der Waals surface area contributed by atoms with Crippen molar-refractivity contribution in [2.75, 3.05) is 5.73 Å². The molecule has 1 aliphatic rings. The Kier molecular flexibility index (Phi) is 3.05. The highest BCUT2D eigenvalue weighted by molar-refractivity contribution is 5.87. The highest BCUT2D eigenvalue weighted by atomic mass is 14.8. The van der Waals surface area contributed by atoms with Crippen LogP contribution in [0.25, 0.3) is 0 Å². The SMILES string of the molecule is CCc1ccc(N)c(C=NC2CCC2)c1. The molecule has 15 heavy (non-hydrogen) atoms. The fraction of sp³-hybridized carbons (Fsp3) is 0.462. The van der Waals surface area contributed by atoms with Crippen molar-refractivity contribution in [3.63, 3.8) is 0 Å². The van der Waals surface area contributed by atoms with Crippen LogP contribution in [-0.2, 0) is 6.42 Å². The molecule has 2 rings (SSSR count). The zero-order valence-electron chi connectivity index (χ0n) is 9.24. The molecular formula is C13H18N2. The Morgan fingerprint density at radius 2 is 2.27 bits per heavy atom. The molecule has 0 aliphatic heterocycles. The molecule has 0 spiro atoms. The van der Waals surface area contributed by atoms with Gasteiger partial charge < -0.3 is 5.73 Å². The van der Waals surface area contributed by atoms with Crippen molar-refractivity contribution in [2.24, 2.45) is 4.99 Å². The second-order valence-electron chi connectivity index (χ2n) is 4.18. The minimum atomic E-state index is 0.551. The highest BCUT2D eigenvalue weighted by Crippen LogP contribution is 2.22. The Morgan fingerprint density at radius 3 is 2.87 bits per heavy atom. The summed E-state index contributed by atoms with van der Waals surface area (Å²) < 4.78 is 0. The number of aryl methyl sites for hydroxylation is 1. The number of nitrogens with zero attached hydrogens (tertiary/aromatic N) is 1. The van der Waals surface area contributed by atoms with Gasteiger partial charge in [-0.15, -0.1) is 0 Å². The van der Waals surface area contributed by atoms with Crippen LogP contribution in [0.15, 0.2) is 23.2 Å². The van der Waals surface area contributed by atoms with E-state index in [0.717, 1.165) is 17.7 Å². The summed E-state index contributed by atoms with van der Waals surface area (Å²) in [6.07, 6.45) is 6.79. The summed E-state index contributed by atoms with van der Waals surface area (Å²) in [7, 11) is 0. The normalized spacial score (nSPS) is 16.9.